The SMILES string of the molecule is CCOC(=O)c1cnn2ccc(N[C@@H](c3cc(F)ccc3O)C(C)(C)O)nc12. The normalized spacial score (nSPS) is 12.8. The molecule has 0 fully saturated rings. The number of phenolic OH excluding ortho intramolecular Hbond substituents is 1. The van der Waals surface area contributed by atoms with Crippen LogP contribution < -0.4 is 5.32 Å². The molecule has 0 aliphatic carbocycles. The Kier molecular flexibility index (Phi) is 5.19. The van der Waals surface area contributed by atoms with Gasteiger partial charge in [0.1, 0.15) is 22.9 Å². The molecule has 148 valence electrons. The summed E-state index contributed by atoms with van der Waals surface area (Å²) in [5.74, 6) is -0.968. The molecule has 2 heterocycles. The zero-order valence-electron chi connectivity index (χ0n) is 15.7. The lowest BCUT2D eigenvalue weighted by molar-refractivity contribution is 0.0527. The second kappa shape index (κ2) is 7.43. The molecule has 3 aromatic rings. The maximum Gasteiger partial charge on any atom is 0.343 e. The van der Waals surface area contributed by atoms with E-state index in [2.05, 4.69) is 15.4 Å². The van der Waals surface area contributed by atoms with E-state index in [0.717, 1.165) is 12.1 Å². The van der Waals surface area contributed by atoms with Gasteiger partial charge in [-0.3, -0.25) is 0 Å². The Morgan fingerprint density at radius 1 is 1.39 bits per heavy atom. The number of aliphatic hydroxyl groups is 1. The molecule has 0 bridgehead atoms. The van der Waals surface area contributed by atoms with E-state index < -0.39 is 23.4 Å². The molecule has 3 N–H and O–H groups in total. The summed E-state index contributed by atoms with van der Waals surface area (Å²) in [4.78, 5) is 16.4. The van der Waals surface area contributed by atoms with Gasteiger partial charge in [0.05, 0.1) is 24.4 Å². The number of carbonyl (C=O) groups is 1. The lowest BCUT2D eigenvalue weighted by Gasteiger charge is -2.31. The van der Waals surface area contributed by atoms with Crippen molar-refractivity contribution in [2.24, 2.45) is 0 Å². The molecular weight excluding hydrogens is 367 g/mol. The van der Waals surface area contributed by atoms with Crippen LogP contribution in [0.25, 0.3) is 5.65 Å². The van der Waals surface area contributed by atoms with Crippen molar-refractivity contribution in [1.82, 2.24) is 14.6 Å². The Bertz CT molecular complexity index is 1010. The number of aromatic nitrogens is 3. The Hall–Kier alpha value is -3.20. The van der Waals surface area contributed by atoms with Crippen LogP contribution in [0.3, 0.4) is 0 Å². The first-order chi connectivity index (χ1) is 13.2. The quantitative estimate of drug-likeness (QED) is 0.557. The molecule has 0 radical (unpaired) electrons. The number of esters is 1. The third-order valence-corrected chi connectivity index (χ3v) is 4.16. The number of ether oxygens (including phenoxy) is 1. The predicted octanol–water partition coefficient (Wildman–Crippen LogP) is 2.67. The van der Waals surface area contributed by atoms with Gasteiger partial charge >= 0.3 is 5.97 Å². The predicted molar refractivity (Wildman–Crippen MR) is 99.7 cm³/mol. The van der Waals surface area contributed by atoms with Crippen LogP contribution in [0.2, 0.25) is 0 Å². The molecule has 2 aromatic heterocycles. The van der Waals surface area contributed by atoms with E-state index in [4.69, 9.17) is 4.74 Å². The molecule has 0 aliphatic rings. The fraction of sp³-hybridized carbons (Fsp3) is 0.316. The summed E-state index contributed by atoms with van der Waals surface area (Å²) in [6.07, 6.45) is 2.94. The minimum absolute atomic E-state index is 0.168. The first kappa shape index (κ1) is 19.6. The highest BCUT2D eigenvalue weighted by Crippen LogP contribution is 2.35. The number of halogens is 1. The number of benzene rings is 1. The first-order valence-corrected chi connectivity index (χ1v) is 8.69. The third kappa shape index (κ3) is 3.89. The van der Waals surface area contributed by atoms with Gasteiger partial charge in [-0.05, 0) is 45.0 Å². The number of anilines is 1. The van der Waals surface area contributed by atoms with Crippen molar-refractivity contribution < 1.29 is 24.1 Å². The van der Waals surface area contributed by atoms with Crippen LogP contribution in [0.15, 0.2) is 36.7 Å². The fourth-order valence-electron chi connectivity index (χ4n) is 2.84. The molecule has 1 atom stereocenters. The summed E-state index contributed by atoms with van der Waals surface area (Å²) in [6.45, 7) is 4.96. The van der Waals surface area contributed by atoms with E-state index in [0.29, 0.717) is 5.82 Å². The average molecular weight is 388 g/mol. The summed E-state index contributed by atoms with van der Waals surface area (Å²) in [6, 6.07) is 4.20. The molecule has 0 aliphatic heterocycles. The van der Waals surface area contributed by atoms with Crippen LogP contribution in [0.1, 0.15) is 42.7 Å². The number of fused-ring (bicyclic) bond motifs is 1. The van der Waals surface area contributed by atoms with Crippen molar-refractivity contribution in [2.45, 2.75) is 32.4 Å². The fourth-order valence-corrected chi connectivity index (χ4v) is 2.84. The van der Waals surface area contributed by atoms with Crippen LogP contribution in [-0.4, -0.2) is 43.0 Å². The lowest BCUT2D eigenvalue weighted by Crippen LogP contribution is -2.34. The van der Waals surface area contributed by atoms with Crippen LogP contribution in [-0.2, 0) is 4.74 Å². The van der Waals surface area contributed by atoms with Crippen molar-refractivity contribution in [1.29, 1.82) is 0 Å². The summed E-state index contributed by atoms with van der Waals surface area (Å²) in [5, 5.41) is 27.8. The molecule has 0 saturated heterocycles. The van der Waals surface area contributed by atoms with Crippen LogP contribution in [0, 0.1) is 5.82 Å². The lowest BCUT2D eigenvalue weighted by atomic mass is 9.91. The van der Waals surface area contributed by atoms with Gasteiger partial charge in [-0.2, -0.15) is 5.10 Å². The number of phenols is 1. The number of aromatic hydroxyl groups is 1. The standard InChI is InChI=1S/C19H21FN4O4/c1-4-28-18(26)13-10-21-24-8-7-15(23-17(13)24)22-16(19(2,3)27)12-9-11(20)5-6-14(12)25/h5-10,16,25,27H,4H2,1-3H3,(H,22,23)/t16-/m0/s1. The molecule has 0 amide bonds. The Morgan fingerprint density at radius 2 is 2.14 bits per heavy atom. The van der Waals surface area contributed by atoms with Gasteiger partial charge in [0, 0.05) is 11.8 Å². The maximum atomic E-state index is 13.7. The summed E-state index contributed by atoms with van der Waals surface area (Å²) in [7, 11) is 0. The molecule has 0 unspecified atom stereocenters. The van der Waals surface area contributed by atoms with Crippen molar-refractivity contribution in [3.05, 3.63) is 53.6 Å². The smallest absolute Gasteiger partial charge is 0.343 e. The molecule has 28 heavy (non-hydrogen) atoms. The van der Waals surface area contributed by atoms with Gasteiger partial charge in [0.2, 0.25) is 0 Å². The van der Waals surface area contributed by atoms with Crippen molar-refractivity contribution in [3.8, 4) is 5.75 Å². The van der Waals surface area contributed by atoms with Crippen molar-refractivity contribution >= 4 is 17.4 Å². The molecule has 3 rings (SSSR count). The number of rotatable bonds is 6. The van der Waals surface area contributed by atoms with E-state index in [-0.39, 0.29) is 29.1 Å². The monoisotopic (exact) mass is 388 g/mol. The van der Waals surface area contributed by atoms with Crippen LogP contribution in [0.5, 0.6) is 5.75 Å². The zero-order chi connectivity index (χ0) is 20.5. The number of nitrogens with one attached hydrogen (secondary N) is 1. The summed E-state index contributed by atoms with van der Waals surface area (Å²) >= 11 is 0. The molecule has 1 aromatic carbocycles. The molecule has 0 saturated carbocycles. The van der Waals surface area contributed by atoms with Gasteiger partial charge in [-0.1, -0.05) is 0 Å². The van der Waals surface area contributed by atoms with Gasteiger partial charge in [-0.25, -0.2) is 18.7 Å². The number of carbonyl (C=O) groups excluding carboxylic acids is 1. The van der Waals surface area contributed by atoms with E-state index in [9.17, 15) is 19.4 Å². The second-order valence-corrected chi connectivity index (χ2v) is 6.79. The topological polar surface area (TPSA) is 109 Å². The van der Waals surface area contributed by atoms with Gasteiger partial charge in [0.25, 0.3) is 0 Å². The number of hydrogen-bond donors (Lipinski definition) is 3. The van der Waals surface area contributed by atoms with Gasteiger partial charge in [-0.15, -0.1) is 0 Å². The number of hydrogen-bond acceptors (Lipinski definition) is 7. The van der Waals surface area contributed by atoms with E-state index >= 15 is 0 Å². The average Bonchev–Trinajstić information content (AvgIpc) is 3.04. The molecule has 9 heteroatoms. The molecule has 0 spiro atoms. The highest BCUT2D eigenvalue weighted by molar-refractivity contribution is 5.95. The Morgan fingerprint density at radius 3 is 2.82 bits per heavy atom. The highest BCUT2D eigenvalue weighted by Gasteiger charge is 2.31. The van der Waals surface area contributed by atoms with Gasteiger partial charge in [0.15, 0.2) is 5.65 Å². The largest absolute Gasteiger partial charge is 0.508 e. The van der Waals surface area contributed by atoms with Gasteiger partial charge < -0.3 is 20.3 Å². The Labute approximate surface area is 160 Å². The summed E-state index contributed by atoms with van der Waals surface area (Å²) < 4.78 is 20.1. The molecule has 8 nitrogen and oxygen atoms in total. The van der Waals surface area contributed by atoms with Crippen LogP contribution in [0.4, 0.5) is 10.2 Å². The molecular formula is C19H21FN4O4. The first-order valence-electron chi connectivity index (χ1n) is 8.69. The van der Waals surface area contributed by atoms with Crippen molar-refractivity contribution in [2.75, 3.05) is 11.9 Å². The Balaban J connectivity index is 2.01. The van der Waals surface area contributed by atoms with Crippen molar-refractivity contribution in [3.63, 3.8) is 0 Å². The minimum atomic E-state index is -1.37. The summed E-state index contributed by atoms with van der Waals surface area (Å²) in [5.41, 5.74) is -0.739. The van der Waals surface area contributed by atoms with E-state index in [1.165, 1.54) is 30.6 Å². The van der Waals surface area contributed by atoms with E-state index in [1.54, 1.807) is 19.2 Å². The van der Waals surface area contributed by atoms with E-state index in [1.807, 2.05) is 0 Å². The highest BCUT2D eigenvalue weighted by atomic mass is 19.1. The minimum Gasteiger partial charge on any atom is -0.508 e. The maximum absolute atomic E-state index is 13.7. The second-order valence-electron chi connectivity index (χ2n) is 6.79. The number of nitrogens with zero attached hydrogens (tertiary/aromatic N) is 3. The zero-order valence-corrected chi connectivity index (χ0v) is 15.7. The van der Waals surface area contributed by atoms with Crippen LogP contribution >= 0.6 is 0 Å². The third-order valence-electron chi connectivity index (χ3n) is 4.16.